The summed E-state index contributed by atoms with van der Waals surface area (Å²) in [6.45, 7) is 10.4. The number of likely N-dealkylation sites (tertiary alicyclic amines) is 1. The van der Waals surface area contributed by atoms with Crippen LogP contribution in [0.3, 0.4) is 0 Å². The summed E-state index contributed by atoms with van der Waals surface area (Å²) in [5, 5.41) is 10.6. The summed E-state index contributed by atoms with van der Waals surface area (Å²) in [5.41, 5.74) is 1.45. The maximum Gasteiger partial charge on any atom is 0.0900 e. The molecule has 158 valence electrons. The minimum atomic E-state index is -0.365. The lowest BCUT2D eigenvalue weighted by Gasteiger charge is -2.38. The van der Waals surface area contributed by atoms with Crippen molar-refractivity contribution >= 4 is 0 Å². The van der Waals surface area contributed by atoms with Crippen LogP contribution in [0.4, 0.5) is 0 Å². The van der Waals surface area contributed by atoms with Crippen LogP contribution in [0.15, 0.2) is 30.3 Å². The highest BCUT2D eigenvalue weighted by atomic mass is 16.5. The summed E-state index contributed by atoms with van der Waals surface area (Å²) < 4.78 is 6.25. The minimum absolute atomic E-state index is 0.329. The Morgan fingerprint density at radius 3 is 2.46 bits per heavy atom. The first kappa shape index (κ1) is 21.8. The molecule has 1 saturated carbocycles. The standard InChI is InChI=1S/C25H41NO2/c1-19(2)24-10-9-20(3)15-25(24)28-18-23(27)17-26-13-11-22(12-14-26)16-21-7-5-4-6-8-21/h4-8,19-20,22-25,27H,9-18H2,1-3H3/t20-,23+,24-,25+/m1/s1. The van der Waals surface area contributed by atoms with Crippen LogP contribution >= 0.6 is 0 Å². The van der Waals surface area contributed by atoms with E-state index in [2.05, 4.69) is 56.0 Å². The molecule has 1 aromatic rings. The Kier molecular flexibility index (Phi) is 8.37. The zero-order valence-corrected chi connectivity index (χ0v) is 18.2. The van der Waals surface area contributed by atoms with Crippen LogP contribution in [0.5, 0.6) is 0 Å². The smallest absolute Gasteiger partial charge is 0.0900 e. The third-order valence-electron chi connectivity index (χ3n) is 7.01. The first-order chi connectivity index (χ1) is 13.5. The summed E-state index contributed by atoms with van der Waals surface area (Å²) in [6.07, 6.45) is 7.37. The van der Waals surface area contributed by atoms with Crippen molar-refractivity contribution in [1.29, 1.82) is 0 Å². The first-order valence-electron chi connectivity index (χ1n) is 11.6. The molecule has 3 heteroatoms. The van der Waals surface area contributed by atoms with Gasteiger partial charge >= 0.3 is 0 Å². The molecule has 0 amide bonds. The first-order valence-corrected chi connectivity index (χ1v) is 11.6. The van der Waals surface area contributed by atoms with E-state index in [-0.39, 0.29) is 6.10 Å². The quantitative estimate of drug-likeness (QED) is 0.697. The molecule has 0 unspecified atom stereocenters. The zero-order chi connectivity index (χ0) is 19.9. The number of β-amino-alcohol motifs (C(OH)–C–C–N with tert-alkyl or cyclic N) is 1. The minimum Gasteiger partial charge on any atom is -0.389 e. The SMILES string of the molecule is CC(C)[C@H]1CC[C@@H](C)C[C@@H]1OC[C@@H](O)CN1CCC(Cc2ccccc2)CC1. The van der Waals surface area contributed by atoms with Gasteiger partial charge in [-0.05, 0) is 74.4 Å². The van der Waals surface area contributed by atoms with E-state index in [1.165, 1.54) is 37.7 Å². The van der Waals surface area contributed by atoms with E-state index < -0.39 is 0 Å². The highest BCUT2D eigenvalue weighted by Gasteiger charge is 2.32. The van der Waals surface area contributed by atoms with Gasteiger partial charge in [-0.1, -0.05) is 57.5 Å². The van der Waals surface area contributed by atoms with E-state index in [1.807, 2.05) is 0 Å². The van der Waals surface area contributed by atoms with E-state index in [0.29, 0.717) is 24.5 Å². The van der Waals surface area contributed by atoms with Crippen LogP contribution in [0.25, 0.3) is 0 Å². The summed E-state index contributed by atoms with van der Waals surface area (Å²) >= 11 is 0. The predicted octanol–water partition coefficient (Wildman–Crippen LogP) is 4.78. The molecule has 28 heavy (non-hydrogen) atoms. The molecule has 1 N–H and O–H groups in total. The molecule has 0 bridgehead atoms. The average Bonchev–Trinajstić information content (AvgIpc) is 2.68. The molecule has 4 atom stereocenters. The van der Waals surface area contributed by atoms with Crippen LogP contribution in [-0.2, 0) is 11.2 Å². The number of hydrogen-bond acceptors (Lipinski definition) is 3. The molecular formula is C25H41NO2. The number of piperidine rings is 1. The van der Waals surface area contributed by atoms with Gasteiger partial charge in [0.2, 0.25) is 0 Å². The van der Waals surface area contributed by atoms with Crippen molar-refractivity contribution in [1.82, 2.24) is 4.90 Å². The molecule has 1 aromatic carbocycles. The van der Waals surface area contributed by atoms with Gasteiger partial charge < -0.3 is 14.7 Å². The number of hydrogen-bond donors (Lipinski definition) is 1. The third kappa shape index (κ3) is 6.57. The normalized spacial score (nSPS) is 28.5. The lowest BCUT2D eigenvalue weighted by Crippen LogP contribution is -2.42. The van der Waals surface area contributed by atoms with Crippen molar-refractivity contribution in [2.45, 2.75) is 71.5 Å². The van der Waals surface area contributed by atoms with E-state index in [0.717, 1.165) is 37.9 Å². The second-order valence-electron chi connectivity index (χ2n) is 9.79. The number of benzene rings is 1. The number of aliphatic hydroxyl groups excluding tert-OH is 1. The summed E-state index contributed by atoms with van der Waals surface area (Å²) in [6, 6.07) is 10.8. The molecule has 1 heterocycles. The van der Waals surface area contributed by atoms with Crippen LogP contribution in [0.1, 0.15) is 58.4 Å². The fraction of sp³-hybridized carbons (Fsp3) is 0.760. The molecule has 0 spiro atoms. The Balaban J connectivity index is 1.36. The van der Waals surface area contributed by atoms with Crippen molar-refractivity contribution in [3.63, 3.8) is 0 Å². The van der Waals surface area contributed by atoms with Gasteiger partial charge in [0, 0.05) is 6.54 Å². The van der Waals surface area contributed by atoms with Crippen LogP contribution in [-0.4, -0.2) is 48.5 Å². The Bertz CT molecular complexity index is 553. The van der Waals surface area contributed by atoms with Crippen molar-refractivity contribution in [3.8, 4) is 0 Å². The highest BCUT2D eigenvalue weighted by molar-refractivity contribution is 5.15. The lowest BCUT2D eigenvalue weighted by molar-refractivity contribution is -0.0749. The maximum absolute atomic E-state index is 10.6. The van der Waals surface area contributed by atoms with Gasteiger partial charge in [0.25, 0.3) is 0 Å². The molecule has 3 rings (SSSR count). The van der Waals surface area contributed by atoms with E-state index in [9.17, 15) is 5.11 Å². The van der Waals surface area contributed by atoms with Crippen LogP contribution in [0, 0.1) is 23.7 Å². The van der Waals surface area contributed by atoms with Crippen LogP contribution < -0.4 is 0 Å². The summed E-state index contributed by atoms with van der Waals surface area (Å²) in [4.78, 5) is 2.43. The Labute approximate surface area is 172 Å². The monoisotopic (exact) mass is 387 g/mol. The molecule has 3 nitrogen and oxygen atoms in total. The molecule has 1 aliphatic heterocycles. The number of aliphatic hydroxyl groups is 1. The molecule has 0 radical (unpaired) electrons. The van der Waals surface area contributed by atoms with Crippen molar-refractivity contribution in [2.75, 3.05) is 26.2 Å². The van der Waals surface area contributed by atoms with E-state index in [4.69, 9.17) is 4.74 Å². The van der Waals surface area contributed by atoms with Crippen molar-refractivity contribution in [3.05, 3.63) is 35.9 Å². The van der Waals surface area contributed by atoms with E-state index >= 15 is 0 Å². The number of rotatable bonds is 8. The molecule has 1 saturated heterocycles. The Morgan fingerprint density at radius 2 is 1.79 bits per heavy atom. The number of nitrogens with zero attached hydrogens (tertiary/aromatic N) is 1. The van der Waals surface area contributed by atoms with Crippen molar-refractivity contribution < 1.29 is 9.84 Å². The molecular weight excluding hydrogens is 346 g/mol. The Hall–Kier alpha value is -0.900. The molecule has 0 aromatic heterocycles. The number of ether oxygens (including phenoxy) is 1. The zero-order valence-electron chi connectivity index (χ0n) is 18.2. The topological polar surface area (TPSA) is 32.7 Å². The molecule has 1 aliphatic carbocycles. The third-order valence-corrected chi connectivity index (χ3v) is 7.01. The maximum atomic E-state index is 10.6. The molecule has 2 fully saturated rings. The Morgan fingerprint density at radius 1 is 1.07 bits per heavy atom. The second-order valence-corrected chi connectivity index (χ2v) is 9.79. The van der Waals surface area contributed by atoms with Gasteiger partial charge in [-0.3, -0.25) is 0 Å². The lowest BCUT2D eigenvalue weighted by atomic mass is 9.75. The van der Waals surface area contributed by atoms with Gasteiger partial charge in [-0.15, -0.1) is 0 Å². The van der Waals surface area contributed by atoms with Gasteiger partial charge in [0.05, 0.1) is 18.8 Å². The fourth-order valence-electron chi connectivity index (χ4n) is 5.21. The highest BCUT2D eigenvalue weighted by Crippen LogP contribution is 2.35. The van der Waals surface area contributed by atoms with Crippen LogP contribution in [0.2, 0.25) is 0 Å². The van der Waals surface area contributed by atoms with E-state index in [1.54, 1.807) is 0 Å². The fourth-order valence-corrected chi connectivity index (χ4v) is 5.21. The second kappa shape index (κ2) is 10.8. The van der Waals surface area contributed by atoms with Gasteiger partial charge in [0.1, 0.15) is 0 Å². The molecule has 2 aliphatic rings. The average molecular weight is 388 g/mol. The van der Waals surface area contributed by atoms with Gasteiger partial charge in [-0.25, -0.2) is 0 Å². The summed E-state index contributed by atoms with van der Waals surface area (Å²) in [7, 11) is 0. The largest absolute Gasteiger partial charge is 0.389 e. The van der Waals surface area contributed by atoms with Crippen molar-refractivity contribution in [2.24, 2.45) is 23.7 Å². The van der Waals surface area contributed by atoms with Gasteiger partial charge in [-0.2, -0.15) is 0 Å². The summed E-state index contributed by atoms with van der Waals surface area (Å²) in [5.74, 6) is 2.85. The predicted molar refractivity (Wildman–Crippen MR) is 116 cm³/mol. The van der Waals surface area contributed by atoms with Gasteiger partial charge in [0.15, 0.2) is 0 Å².